The lowest BCUT2D eigenvalue weighted by Gasteiger charge is -2.08. The normalized spacial score (nSPS) is 10.2. The molecule has 20 heavy (non-hydrogen) atoms. The van der Waals surface area contributed by atoms with Crippen LogP contribution in [0.15, 0.2) is 12.1 Å². The third kappa shape index (κ3) is 4.53. The summed E-state index contributed by atoms with van der Waals surface area (Å²) in [5.74, 6) is -1.23. The van der Waals surface area contributed by atoms with E-state index in [0.717, 1.165) is 6.07 Å². The molecule has 0 atom stereocenters. The van der Waals surface area contributed by atoms with Crippen LogP contribution < -0.4 is 11.1 Å². The van der Waals surface area contributed by atoms with Gasteiger partial charge in [0, 0.05) is 29.8 Å². The summed E-state index contributed by atoms with van der Waals surface area (Å²) in [6, 6.07) is 2.57. The summed E-state index contributed by atoms with van der Waals surface area (Å²) in [6.45, 7) is 3.93. The van der Waals surface area contributed by atoms with Gasteiger partial charge in [-0.25, -0.2) is 4.39 Å². The maximum atomic E-state index is 13.5. The summed E-state index contributed by atoms with van der Waals surface area (Å²) in [5, 5.41) is 2.60. The second-order valence-electron chi connectivity index (χ2n) is 4.34. The monoisotopic (exact) mass is 282 g/mol. The minimum atomic E-state index is -0.512. The third-order valence-corrected chi connectivity index (χ3v) is 2.80. The summed E-state index contributed by atoms with van der Waals surface area (Å²) in [6.07, 6.45) is 0.701. The fourth-order valence-corrected chi connectivity index (χ4v) is 1.60. The third-order valence-electron chi connectivity index (χ3n) is 2.80. The van der Waals surface area contributed by atoms with Crippen LogP contribution in [-0.4, -0.2) is 25.0 Å². The van der Waals surface area contributed by atoms with Crippen LogP contribution in [0.4, 0.5) is 10.1 Å². The highest BCUT2D eigenvalue weighted by atomic mass is 19.1. The van der Waals surface area contributed by atoms with E-state index in [2.05, 4.69) is 5.32 Å². The van der Waals surface area contributed by atoms with Gasteiger partial charge in [0.25, 0.3) is 5.91 Å². The van der Waals surface area contributed by atoms with Gasteiger partial charge in [-0.2, -0.15) is 0 Å². The number of rotatable bonds is 6. The van der Waals surface area contributed by atoms with Gasteiger partial charge in [0.15, 0.2) is 0 Å². The average Bonchev–Trinajstić information content (AvgIpc) is 2.40. The van der Waals surface area contributed by atoms with Gasteiger partial charge in [-0.05, 0) is 32.4 Å². The van der Waals surface area contributed by atoms with Crippen LogP contribution in [0.2, 0.25) is 0 Å². The predicted molar refractivity (Wildman–Crippen MR) is 73.7 cm³/mol. The first-order valence-corrected chi connectivity index (χ1v) is 6.45. The number of carbonyl (C=O) groups is 2. The molecule has 6 heteroatoms. The van der Waals surface area contributed by atoms with E-state index < -0.39 is 11.7 Å². The van der Waals surface area contributed by atoms with Crippen molar-refractivity contribution >= 4 is 17.6 Å². The van der Waals surface area contributed by atoms with Crippen molar-refractivity contribution in [2.75, 3.05) is 18.9 Å². The van der Waals surface area contributed by atoms with E-state index in [1.54, 1.807) is 13.8 Å². The van der Waals surface area contributed by atoms with E-state index >= 15 is 0 Å². The van der Waals surface area contributed by atoms with Crippen molar-refractivity contribution in [2.45, 2.75) is 26.7 Å². The zero-order chi connectivity index (χ0) is 15.1. The second kappa shape index (κ2) is 7.47. The topological polar surface area (TPSA) is 81.4 Å². The maximum absolute atomic E-state index is 13.5. The molecule has 110 valence electrons. The number of ether oxygens (including phenoxy) is 1. The summed E-state index contributed by atoms with van der Waals surface area (Å²) in [5.41, 5.74) is 6.33. The highest BCUT2D eigenvalue weighted by Gasteiger charge is 2.11. The molecule has 0 fully saturated rings. The Morgan fingerprint density at radius 3 is 2.70 bits per heavy atom. The Balaban J connectivity index is 2.46. The van der Waals surface area contributed by atoms with E-state index in [1.165, 1.54) is 6.07 Å². The minimum Gasteiger partial charge on any atom is -0.466 e. The second-order valence-corrected chi connectivity index (χ2v) is 4.34. The van der Waals surface area contributed by atoms with Gasteiger partial charge in [0.1, 0.15) is 5.82 Å². The van der Waals surface area contributed by atoms with Crippen LogP contribution in [0.5, 0.6) is 0 Å². The van der Waals surface area contributed by atoms with E-state index in [4.69, 9.17) is 10.5 Å². The van der Waals surface area contributed by atoms with Crippen LogP contribution in [0.3, 0.4) is 0 Å². The summed E-state index contributed by atoms with van der Waals surface area (Å²) in [7, 11) is 0. The van der Waals surface area contributed by atoms with Crippen molar-refractivity contribution in [3.05, 3.63) is 29.1 Å². The Labute approximate surface area is 117 Å². The summed E-state index contributed by atoms with van der Waals surface area (Å²) in [4.78, 5) is 22.9. The van der Waals surface area contributed by atoms with Crippen LogP contribution >= 0.6 is 0 Å². The zero-order valence-electron chi connectivity index (χ0n) is 11.7. The van der Waals surface area contributed by atoms with E-state index in [9.17, 15) is 14.0 Å². The number of amides is 1. The Morgan fingerprint density at radius 2 is 2.10 bits per heavy atom. The number of halogens is 1. The molecule has 1 amide bonds. The van der Waals surface area contributed by atoms with Gasteiger partial charge >= 0.3 is 5.97 Å². The van der Waals surface area contributed by atoms with Crippen molar-refractivity contribution in [2.24, 2.45) is 0 Å². The van der Waals surface area contributed by atoms with Crippen LogP contribution in [0.25, 0.3) is 0 Å². The van der Waals surface area contributed by atoms with Gasteiger partial charge < -0.3 is 15.8 Å². The molecule has 1 aromatic rings. The first-order chi connectivity index (χ1) is 9.45. The molecule has 1 aromatic carbocycles. The summed E-state index contributed by atoms with van der Waals surface area (Å²) < 4.78 is 18.2. The van der Waals surface area contributed by atoms with Gasteiger partial charge in [-0.3, -0.25) is 9.59 Å². The fourth-order valence-electron chi connectivity index (χ4n) is 1.60. The molecule has 0 aliphatic carbocycles. The first kappa shape index (κ1) is 15.9. The van der Waals surface area contributed by atoms with Gasteiger partial charge in [0.2, 0.25) is 0 Å². The molecule has 1 rings (SSSR count). The van der Waals surface area contributed by atoms with Crippen LogP contribution in [-0.2, 0) is 9.53 Å². The lowest BCUT2D eigenvalue weighted by Crippen LogP contribution is -2.25. The van der Waals surface area contributed by atoms with E-state index in [1.807, 2.05) is 0 Å². The molecule has 0 heterocycles. The first-order valence-electron chi connectivity index (χ1n) is 6.45. The highest BCUT2D eigenvalue weighted by Crippen LogP contribution is 2.17. The van der Waals surface area contributed by atoms with E-state index in [-0.39, 0.29) is 23.6 Å². The zero-order valence-corrected chi connectivity index (χ0v) is 11.7. The molecule has 0 saturated heterocycles. The largest absolute Gasteiger partial charge is 0.466 e. The Morgan fingerprint density at radius 1 is 1.40 bits per heavy atom. The number of nitrogens with two attached hydrogens (primary N) is 1. The molecule has 0 aliphatic rings. The van der Waals surface area contributed by atoms with Crippen LogP contribution in [0, 0.1) is 12.7 Å². The van der Waals surface area contributed by atoms with Gasteiger partial charge in [-0.1, -0.05) is 0 Å². The number of nitrogen functional groups attached to an aromatic ring is 1. The van der Waals surface area contributed by atoms with Crippen molar-refractivity contribution in [1.29, 1.82) is 0 Å². The van der Waals surface area contributed by atoms with Crippen molar-refractivity contribution in [3.63, 3.8) is 0 Å². The number of nitrogens with one attached hydrogen (secondary N) is 1. The van der Waals surface area contributed by atoms with E-state index in [0.29, 0.717) is 25.1 Å². The molecule has 0 radical (unpaired) electrons. The molecule has 3 N–H and O–H groups in total. The quantitative estimate of drug-likeness (QED) is 0.473. The predicted octanol–water partition coefficient (Wildman–Crippen LogP) is 1.79. The molecule has 0 aromatic heterocycles. The van der Waals surface area contributed by atoms with Crippen molar-refractivity contribution < 1.29 is 18.7 Å². The molecule has 0 unspecified atom stereocenters. The molecular weight excluding hydrogens is 263 g/mol. The Hall–Kier alpha value is -2.11. The molecule has 0 aliphatic heterocycles. The number of hydrogen-bond acceptors (Lipinski definition) is 4. The smallest absolute Gasteiger partial charge is 0.305 e. The Kier molecular flexibility index (Phi) is 5.96. The molecule has 0 saturated carbocycles. The lowest BCUT2D eigenvalue weighted by atomic mass is 10.1. The van der Waals surface area contributed by atoms with Crippen molar-refractivity contribution in [3.8, 4) is 0 Å². The molecule has 5 nitrogen and oxygen atoms in total. The number of hydrogen-bond donors (Lipinski definition) is 2. The summed E-state index contributed by atoms with van der Waals surface area (Å²) >= 11 is 0. The minimum absolute atomic E-state index is 0.168. The SMILES string of the molecule is CCOC(=O)CCCNC(=O)c1cc(N)c(C)c(F)c1. The fraction of sp³-hybridized carbons (Fsp3) is 0.429. The standard InChI is InChI=1S/C14H19FN2O3/c1-3-20-13(18)5-4-6-17-14(19)10-7-11(15)9(2)12(16)8-10/h7-8H,3-6,16H2,1-2H3,(H,17,19). The molecular formula is C14H19FN2O3. The molecule has 0 bridgehead atoms. The highest BCUT2D eigenvalue weighted by molar-refractivity contribution is 5.95. The number of carbonyl (C=O) groups excluding carboxylic acids is 2. The number of anilines is 1. The maximum Gasteiger partial charge on any atom is 0.305 e. The number of esters is 1. The van der Waals surface area contributed by atoms with Crippen molar-refractivity contribution in [1.82, 2.24) is 5.32 Å². The van der Waals surface area contributed by atoms with Gasteiger partial charge in [-0.15, -0.1) is 0 Å². The average molecular weight is 282 g/mol. The van der Waals surface area contributed by atoms with Gasteiger partial charge in [0.05, 0.1) is 6.61 Å². The lowest BCUT2D eigenvalue weighted by molar-refractivity contribution is -0.143. The Bertz CT molecular complexity index is 480. The molecule has 0 spiro atoms. The van der Waals surface area contributed by atoms with Crippen LogP contribution in [0.1, 0.15) is 35.7 Å². The number of benzene rings is 1.